The van der Waals surface area contributed by atoms with E-state index in [0.29, 0.717) is 0 Å². The SMILES string of the molecule is C=C1N(C)c2cc(C)c(C)cc2C1(C)C.Nc1ccccc1S. The average Bonchev–Trinajstić information content (AvgIpc) is 2.66. The fraction of sp³-hybridized carbons (Fsp3) is 0.300. The highest BCUT2D eigenvalue weighted by molar-refractivity contribution is 7.80. The Hall–Kier alpha value is -1.87. The second kappa shape index (κ2) is 6.32. The maximum absolute atomic E-state index is 5.44. The van der Waals surface area contributed by atoms with Crippen molar-refractivity contribution in [3.8, 4) is 0 Å². The first-order chi connectivity index (χ1) is 10.7. The summed E-state index contributed by atoms with van der Waals surface area (Å²) in [6, 6.07) is 12.0. The number of anilines is 2. The lowest BCUT2D eigenvalue weighted by Gasteiger charge is -2.22. The third-order valence-corrected chi connectivity index (χ3v) is 5.12. The summed E-state index contributed by atoms with van der Waals surface area (Å²) in [6.45, 7) is 13.0. The number of nitrogen functional groups attached to an aromatic ring is 1. The average molecular weight is 327 g/mol. The highest BCUT2D eigenvalue weighted by Gasteiger charge is 2.37. The van der Waals surface area contributed by atoms with E-state index in [9.17, 15) is 0 Å². The monoisotopic (exact) mass is 326 g/mol. The molecule has 0 saturated heterocycles. The van der Waals surface area contributed by atoms with Gasteiger partial charge in [-0.2, -0.15) is 0 Å². The molecular weight excluding hydrogens is 300 g/mol. The van der Waals surface area contributed by atoms with Crippen molar-refractivity contribution in [2.75, 3.05) is 17.7 Å². The van der Waals surface area contributed by atoms with Gasteiger partial charge < -0.3 is 10.6 Å². The number of hydrogen-bond acceptors (Lipinski definition) is 3. The van der Waals surface area contributed by atoms with Crippen LogP contribution in [0.15, 0.2) is 53.6 Å². The number of thiol groups is 1. The molecular formula is C20H26N2S. The lowest BCUT2D eigenvalue weighted by atomic mass is 9.83. The van der Waals surface area contributed by atoms with Gasteiger partial charge in [-0.15, -0.1) is 12.6 Å². The van der Waals surface area contributed by atoms with Crippen LogP contribution in [0.5, 0.6) is 0 Å². The van der Waals surface area contributed by atoms with Gasteiger partial charge in [-0.25, -0.2) is 0 Å². The summed E-state index contributed by atoms with van der Waals surface area (Å²) >= 11 is 4.07. The third-order valence-electron chi connectivity index (χ3n) is 4.71. The summed E-state index contributed by atoms with van der Waals surface area (Å²) < 4.78 is 0. The fourth-order valence-electron chi connectivity index (χ4n) is 2.79. The Morgan fingerprint density at radius 1 is 1.09 bits per heavy atom. The van der Waals surface area contributed by atoms with Crippen LogP contribution in [0.2, 0.25) is 0 Å². The van der Waals surface area contributed by atoms with Gasteiger partial charge in [0.1, 0.15) is 0 Å². The van der Waals surface area contributed by atoms with E-state index in [-0.39, 0.29) is 5.41 Å². The van der Waals surface area contributed by atoms with Gasteiger partial charge in [0.15, 0.2) is 0 Å². The molecule has 0 amide bonds. The number of hydrogen-bond donors (Lipinski definition) is 2. The van der Waals surface area contributed by atoms with Crippen molar-refractivity contribution < 1.29 is 0 Å². The molecule has 2 aromatic rings. The predicted octanol–water partition coefficient (Wildman–Crippen LogP) is 5.10. The molecule has 3 heteroatoms. The minimum Gasteiger partial charge on any atom is -0.398 e. The summed E-state index contributed by atoms with van der Waals surface area (Å²) in [6.07, 6.45) is 0. The summed E-state index contributed by atoms with van der Waals surface area (Å²) in [4.78, 5) is 3.05. The van der Waals surface area contributed by atoms with Crippen molar-refractivity contribution in [2.24, 2.45) is 0 Å². The molecule has 0 saturated carbocycles. The van der Waals surface area contributed by atoms with E-state index in [4.69, 9.17) is 5.73 Å². The standard InChI is InChI=1S/C14H19N.C6H7NS/c1-9-7-12-13(8-10(9)2)15(6)11(3)14(12,4)5;7-5-3-1-2-4-6(5)8/h7-8H,3H2,1-2,4-6H3;1-4,8H,7H2. The van der Waals surface area contributed by atoms with Crippen molar-refractivity contribution in [1.82, 2.24) is 0 Å². The molecule has 2 N–H and O–H groups in total. The summed E-state index contributed by atoms with van der Waals surface area (Å²) in [5.41, 5.74) is 12.9. The number of para-hydroxylation sites is 1. The molecule has 2 aromatic carbocycles. The number of benzene rings is 2. The molecule has 0 spiro atoms. The number of likely N-dealkylation sites (N-methyl/N-ethyl adjacent to an activating group) is 1. The van der Waals surface area contributed by atoms with Crippen molar-refractivity contribution in [1.29, 1.82) is 0 Å². The Labute approximate surface area is 145 Å². The van der Waals surface area contributed by atoms with Crippen molar-refractivity contribution >= 4 is 24.0 Å². The highest BCUT2D eigenvalue weighted by atomic mass is 32.1. The highest BCUT2D eigenvalue weighted by Crippen LogP contribution is 2.46. The van der Waals surface area contributed by atoms with Crippen LogP contribution in [0.4, 0.5) is 11.4 Å². The van der Waals surface area contributed by atoms with Crippen LogP contribution in [-0.2, 0) is 5.41 Å². The first kappa shape index (κ1) is 17.5. The molecule has 0 atom stereocenters. The summed E-state index contributed by atoms with van der Waals surface area (Å²) in [5.74, 6) is 0. The smallest absolute Gasteiger partial charge is 0.0450 e. The molecule has 0 bridgehead atoms. The molecule has 3 rings (SSSR count). The van der Waals surface area contributed by atoms with E-state index in [1.165, 1.54) is 28.1 Å². The van der Waals surface area contributed by atoms with E-state index in [1.54, 1.807) is 0 Å². The van der Waals surface area contributed by atoms with Gasteiger partial charge in [-0.3, -0.25) is 0 Å². The molecule has 122 valence electrons. The zero-order chi connectivity index (χ0) is 17.4. The van der Waals surface area contributed by atoms with Crippen LogP contribution in [0.3, 0.4) is 0 Å². The number of nitrogens with zero attached hydrogens (tertiary/aromatic N) is 1. The van der Waals surface area contributed by atoms with E-state index in [1.807, 2.05) is 24.3 Å². The van der Waals surface area contributed by atoms with Gasteiger partial charge in [0.05, 0.1) is 0 Å². The second-order valence-corrected chi connectivity index (χ2v) is 7.12. The van der Waals surface area contributed by atoms with Gasteiger partial charge in [-0.1, -0.05) is 38.6 Å². The topological polar surface area (TPSA) is 29.3 Å². The van der Waals surface area contributed by atoms with E-state index in [0.717, 1.165) is 10.6 Å². The molecule has 1 aliphatic heterocycles. The third kappa shape index (κ3) is 3.25. The van der Waals surface area contributed by atoms with Crippen LogP contribution in [0.25, 0.3) is 0 Å². The number of nitrogens with two attached hydrogens (primary N) is 1. The lowest BCUT2D eigenvalue weighted by molar-refractivity contribution is 0.642. The van der Waals surface area contributed by atoms with Crippen LogP contribution >= 0.6 is 12.6 Å². The molecule has 0 unspecified atom stereocenters. The Bertz CT molecular complexity index is 726. The van der Waals surface area contributed by atoms with E-state index in [2.05, 4.69) is 71.0 Å². The molecule has 2 nitrogen and oxygen atoms in total. The minimum absolute atomic E-state index is 0.0720. The van der Waals surface area contributed by atoms with Crippen LogP contribution in [-0.4, -0.2) is 7.05 Å². The molecule has 0 fully saturated rings. The summed E-state index contributed by atoms with van der Waals surface area (Å²) in [5, 5.41) is 0. The van der Waals surface area contributed by atoms with Gasteiger partial charge in [0, 0.05) is 34.4 Å². The predicted molar refractivity (Wildman–Crippen MR) is 105 cm³/mol. The van der Waals surface area contributed by atoms with Crippen molar-refractivity contribution in [2.45, 2.75) is 38.0 Å². The summed E-state index contributed by atoms with van der Waals surface area (Å²) in [7, 11) is 2.10. The number of allylic oxidation sites excluding steroid dienone is 1. The Balaban J connectivity index is 0.000000203. The number of fused-ring (bicyclic) bond motifs is 1. The maximum atomic E-state index is 5.44. The van der Waals surface area contributed by atoms with Gasteiger partial charge in [0.25, 0.3) is 0 Å². The number of aryl methyl sites for hydroxylation is 2. The largest absolute Gasteiger partial charge is 0.398 e. The Morgan fingerprint density at radius 2 is 1.65 bits per heavy atom. The zero-order valence-electron chi connectivity index (χ0n) is 14.6. The molecule has 0 aromatic heterocycles. The molecule has 23 heavy (non-hydrogen) atoms. The maximum Gasteiger partial charge on any atom is 0.0450 e. The molecule has 1 aliphatic rings. The Kier molecular flexibility index (Phi) is 4.81. The first-order valence-electron chi connectivity index (χ1n) is 7.74. The molecule has 0 aliphatic carbocycles. The molecule has 0 radical (unpaired) electrons. The number of rotatable bonds is 0. The van der Waals surface area contributed by atoms with Gasteiger partial charge in [-0.05, 0) is 48.7 Å². The molecule has 1 heterocycles. The Morgan fingerprint density at radius 3 is 2.17 bits per heavy atom. The van der Waals surface area contributed by atoms with Crippen molar-refractivity contribution in [3.63, 3.8) is 0 Å². The van der Waals surface area contributed by atoms with Crippen molar-refractivity contribution in [3.05, 3.63) is 65.4 Å². The van der Waals surface area contributed by atoms with Crippen LogP contribution in [0.1, 0.15) is 30.5 Å². The zero-order valence-corrected chi connectivity index (χ0v) is 15.5. The first-order valence-corrected chi connectivity index (χ1v) is 8.19. The quantitative estimate of drug-likeness (QED) is 0.521. The van der Waals surface area contributed by atoms with E-state index < -0.39 is 0 Å². The van der Waals surface area contributed by atoms with Crippen LogP contribution < -0.4 is 10.6 Å². The normalized spacial score (nSPS) is 15.0. The van der Waals surface area contributed by atoms with E-state index >= 15 is 0 Å². The fourth-order valence-corrected chi connectivity index (χ4v) is 2.95. The minimum atomic E-state index is 0.0720. The van der Waals surface area contributed by atoms with Crippen LogP contribution in [0, 0.1) is 13.8 Å². The second-order valence-electron chi connectivity index (χ2n) is 6.64. The van der Waals surface area contributed by atoms with Gasteiger partial charge in [0.2, 0.25) is 0 Å². The lowest BCUT2D eigenvalue weighted by Crippen LogP contribution is -2.21. The van der Waals surface area contributed by atoms with Gasteiger partial charge >= 0.3 is 0 Å².